The van der Waals surface area contributed by atoms with Gasteiger partial charge in [0.25, 0.3) is 0 Å². The van der Waals surface area contributed by atoms with Gasteiger partial charge in [-0.15, -0.1) is 0 Å². The summed E-state index contributed by atoms with van der Waals surface area (Å²) in [4.78, 5) is 11.4. The van der Waals surface area contributed by atoms with Crippen LogP contribution >= 0.6 is 0 Å². The van der Waals surface area contributed by atoms with Gasteiger partial charge in [0.05, 0.1) is 6.61 Å². The summed E-state index contributed by atoms with van der Waals surface area (Å²) in [7, 11) is 0. The van der Waals surface area contributed by atoms with E-state index in [0.29, 0.717) is 6.61 Å². The van der Waals surface area contributed by atoms with Crippen LogP contribution < -0.4 is 5.32 Å². The Hall–Kier alpha value is -0.650. The zero-order valence-corrected chi connectivity index (χ0v) is 8.32. The van der Waals surface area contributed by atoms with Crippen molar-refractivity contribution in [2.75, 3.05) is 19.8 Å². The molecular formula is C9H17NO4. The number of hydrogen-bond acceptors (Lipinski definition) is 4. The van der Waals surface area contributed by atoms with Gasteiger partial charge in [0, 0.05) is 13.2 Å². The van der Waals surface area contributed by atoms with Gasteiger partial charge < -0.3 is 20.3 Å². The Morgan fingerprint density at radius 2 is 2.43 bits per heavy atom. The van der Waals surface area contributed by atoms with E-state index in [1.165, 1.54) is 6.92 Å². The molecule has 1 rings (SSSR count). The minimum absolute atomic E-state index is 0.0438. The van der Waals surface area contributed by atoms with Crippen molar-refractivity contribution in [3.63, 3.8) is 0 Å². The topological polar surface area (TPSA) is 78.8 Å². The number of ether oxygens (including phenoxy) is 1. The van der Waals surface area contributed by atoms with Gasteiger partial charge in [0.15, 0.2) is 0 Å². The summed E-state index contributed by atoms with van der Waals surface area (Å²) in [5.74, 6) is -0.212. The molecule has 0 aromatic rings. The lowest BCUT2D eigenvalue weighted by atomic mass is 10.1. The standard InChI is InChI=1S/C9H17NO4/c1-9(13,6-11)5-10-8(12)7-3-2-4-14-7/h7,11,13H,2-6H2,1H3,(H,10,12)/t7-,9?/m0/s1. The molecule has 0 radical (unpaired) electrons. The predicted molar refractivity (Wildman–Crippen MR) is 49.7 cm³/mol. The average molecular weight is 203 g/mol. The number of rotatable bonds is 4. The molecular weight excluding hydrogens is 186 g/mol. The maximum absolute atomic E-state index is 11.4. The van der Waals surface area contributed by atoms with E-state index in [9.17, 15) is 9.90 Å². The summed E-state index contributed by atoms with van der Waals surface area (Å²) < 4.78 is 5.16. The number of carbonyl (C=O) groups excluding carboxylic acids is 1. The van der Waals surface area contributed by atoms with Crippen LogP contribution in [0, 0.1) is 0 Å². The maximum atomic E-state index is 11.4. The Kier molecular flexibility index (Phi) is 3.86. The third kappa shape index (κ3) is 3.25. The minimum atomic E-state index is -1.26. The minimum Gasteiger partial charge on any atom is -0.393 e. The third-order valence-corrected chi connectivity index (χ3v) is 2.21. The fourth-order valence-corrected chi connectivity index (χ4v) is 1.23. The first-order chi connectivity index (χ1) is 6.55. The number of carbonyl (C=O) groups is 1. The zero-order chi connectivity index (χ0) is 10.6. The number of nitrogens with one attached hydrogen (secondary N) is 1. The Bertz CT molecular complexity index is 199. The number of amides is 1. The van der Waals surface area contributed by atoms with Crippen molar-refractivity contribution in [1.29, 1.82) is 0 Å². The lowest BCUT2D eigenvalue weighted by Gasteiger charge is -2.21. The molecule has 1 aliphatic heterocycles. The Labute approximate surface area is 83.1 Å². The second-order valence-electron chi connectivity index (χ2n) is 3.87. The fraction of sp³-hybridized carbons (Fsp3) is 0.889. The van der Waals surface area contributed by atoms with Gasteiger partial charge in [-0.2, -0.15) is 0 Å². The van der Waals surface area contributed by atoms with Crippen molar-refractivity contribution in [1.82, 2.24) is 5.32 Å². The molecule has 5 nitrogen and oxygen atoms in total. The second-order valence-corrected chi connectivity index (χ2v) is 3.87. The average Bonchev–Trinajstić information content (AvgIpc) is 2.67. The smallest absolute Gasteiger partial charge is 0.249 e. The number of aliphatic hydroxyl groups is 2. The first-order valence-electron chi connectivity index (χ1n) is 4.78. The van der Waals surface area contributed by atoms with Gasteiger partial charge in [-0.25, -0.2) is 0 Å². The quantitative estimate of drug-likeness (QED) is 0.549. The van der Waals surface area contributed by atoms with Crippen LogP contribution in [0.15, 0.2) is 0 Å². The Morgan fingerprint density at radius 1 is 1.71 bits per heavy atom. The predicted octanol–water partition coefficient (Wildman–Crippen LogP) is -0.975. The highest BCUT2D eigenvalue weighted by Gasteiger charge is 2.26. The molecule has 1 unspecified atom stereocenters. The molecule has 1 saturated heterocycles. The second kappa shape index (κ2) is 4.72. The van der Waals surface area contributed by atoms with Crippen LogP contribution in [0.4, 0.5) is 0 Å². The summed E-state index contributed by atoms with van der Waals surface area (Å²) in [5.41, 5.74) is -1.26. The van der Waals surface area contributed by atoms with E-state index in [2.05, 4.69) is 5.32 Å². The van der Waals surface area contributed by atoms with Crippen molar-refractivity contribution < 1.29 is 19.7 Å². The van der Waals surface area contributed by atoms with Crippen LogP contribution in [0.1, 0.15) is 19.8 Å². The molecule has 0 bridgehead atoms. The van der Waals surface area contributed by atoms with Crippen molar-refractivity contribution in [2.45, 2.75) is 31.5 Å². The fourth-order valence-electron chi connectivity index (χ4n) is 1.23. The van der Waals surface area contributed by atoms with Crippen LogP contribution in [-0.4, -0.2) is 47.6 Å². The molecule has 82 valence electrons. The molecule has 0 spiro atoms. The van der Waals surface area contributed by atoms with Crippen LogP contribution in [-0.2, 0) is 9.53 Å². The van der Waals surface area contributed by atoms with Crippen molar-refractivity contribution in [3.05, 3.63) is 0 Å². The van der Waals surface area contributed by atoms with E-state index >= 15 is 0 Å². The summed E-state index contributed by atoms with van der Waals surface area (Å²) >= 11 is 0. The lowest BCUT2D eigenvalue weighted by molar-refractivity contribution is -0.131. The molecule has 1 fully saturated rings. The van der Waals surface area contributed by atoms with Crippen LogP contribution in [0.3, 0.4) is 0 Å². The van der Waals surface area contributed by atoms with E-state index in [1.54, 1.807) is 0 Å². The highest BCUT2D eigenvalue weighted by atomic mass is 16.5. The van der Waals surface area contributed by atoms with E-state index in [1.807, 2.05) is 0 Å². The molecule has 2 atom stereocenters. The largest absolute Gasteiger partial charge is 0.393 e. The monoisotopic (exact) mass is 203 g/mol. The highest BCUT2D eigenvalue weighted by molar-refractivity contribution is 5.81. The van der Waals surface area contributed by atoms with E-state index in [0.717, 1.165) is 12.8 Å². The summed E-state index contributed by atoms with van der Waals surface area (Å²) in [6.45, 7) is 1.75. The van der Waals surface area contributed by atoms with Crippen LogP contribution in [0.25, 0.3) is 0 Å². The third-order valence-electron chi connectivity index (χ3n) is 2.21. The molecule has 0 saturated carbocycles. The van der Waals surface area contributed by atoms with E-state index in [-0.39, 0.29) is 25.2 Å². The molecule has 1 aliphatic rings. The zero-order valence-electron chi connectivity index (χ0n) is 8.32. The van der Waals surface area contributed by atoms with Gasteiger partial charge in [0.2, 0.25) is 5.91 Å². The SMILES string of the molecule is CC(O)(CO)CNC(=O)[C@@H]1CCCO1. The van der Waals surface area contributed by atoms with Gasteiger partial charge >= 0.3 is 0 Å². The molecule has 0 aromatic heterocycles. The summed E-state index contributed by atoms with van der Waals surface area (Å²) in [6, 6.07) is 0. The van der Waals surface area contributed by atoms with Crippen LogP contribution in [0.2, 0.25) is 0 Å². The van der Waals surface area contributed by atoms with Gasteiger partial charge in [-0.05, 0) is 19.8 Å². The van der Waals surface area contributed by atoms with E-state index in [4.69, 9.17) is 9.84 Å². The molecule has 5 heteroatoms. The van der Waals surface area contributed by atoms with Crippen LogP contribution in [0.5, 0.6) is 0 Å². The summed E-state index contributed by atoms with van der Waals surface area (Å²) in [5, 5.41) is 20.7. The van der Waals surface area contributed by atoms with Gasteiger partial charge in [0.1, 0.15) is 11.7 Å². The maximum Gasteiger partial charge on any atom is 0.249 e. The highest BCUT2D eigenvalue weighted by Crippen LogP contribution is 2.11. The number of hydrogen-bond donors (Lipinski definition) is 3. The molecule has 14 heavy (non-hydrogen) atoms. The van der Waals surface area contributed by atoms with Gasteiger partial charge in [-0.3, -0.25) is 4.79 Å². The molecule has 0 aromatic carbocycles. The Morgan fingerprint density at radius 3 is 2.93 bits per heavy atom. The van der Waals surface area contributed by atoms with E-state index < -0.39 is 5.60 Å². The Balaban J connectivity index is 2.27. The van der Waals surface area contributed by atoms with Crippen molar-refractivity contribution in [3.8, 4) is 0 Å². The molecule has 1 heterocycles. The number of aliphatic hydroxyl groups excluding tert-OH is 1. The first-order valence-corrected chi connectivity index (χ1v) is 4.78. The summed E-state index contributed by atoms with van der Waals surface area (Å²) in [6.07, 6.45) is 1.24. The van der Waals surface area contributed by atoms with Gasteiger partial charge in [-0.1, -0.05) is 0 Å². The van der Waals surface area contributed by atoms with Crippen molar-refractivity contribution in [2.24, 2.45) is 0 Å². The lowest BCUT2D eigenvalue weighted by Crippen LogP contribution is -2.46. The molecule has 3 N–H and O–H groups in total. The first kappa shape index (κ1) is 11.4. The normalized spacial score (nSPS) is 25.8. The molecule has 1 amide bonds. The molecule has 0 aliphatic carbocycles. The van der Waals surface area contributed by atoms with Crippen molar-refractivity contribution >= 4 is 5.91 Å².